The van der Waals surface area contributed by atoms with Gasteiger partial charge in [-0.25, -0.2) is 4.79 Å². The molecular weight excluding hydrogens is 232 g/mol. The lowest BCUT2D eigenvalue weighted by atomic mass is 10.00. The topological polar surface area (TPSA) is 50.8 Å². The lowest BCUT2D eigenvalue weighted by Gasteiger charge is -2.30. The molecule has 0 bridgehead atoms. The van der Waals surface area contributed by atoms with Crippen LogP contribution in [0.3, 0.4) is 0 Å². The van der Waals surface area contributed by atoms with Gasteiger partial charge in [0.2, 0.25) is 0 Å². The van der Waals surface area contributed by atoms with Gasteiger partial charge < -0.3 is 19.7 Å². The zero-order valence-electron chi connectivity index (χ0n) is 11.8. The first-order valence-corrected chi connectivity index (χ1v) is 6.93. The zero-order valence-corrected chi connectivity index (χ0v) is 11.8. The normalized spacial score (nSPS) is 17.2. The minimum absolute atomic E-state index is 0.00805. The molecule has 5 nitrogen and oxygen atoms in total. The summed E-state index contributed by atoms with van der Waals surface area (Å²) in [6.45, 7) is 9.34. The summed E-state index contributed by atoms with van der Waals surface area (Å²) in [7, 11) is 0. The largest absolute Gasteiger partial charge is 0.351 e. The van der Waals surface area contributed by atoms with E-state index in [1.165, 1.54) is 0 Å². The summed E-state index contributed by atoms with van der Waals surface area (Å²) < 4.78 is 10.8. The van der Waals surface area contributed by atoms with Crippen molar-refractivity contribution in [1.29, 1.82) is 0 Å². The monoisotopic (exact) mass is 258 g/mol. The maximum atomic E-state index is 11.9. The van der Waals surface area contributed by atoms with E-state index in [2.05, 4.69) is 12.2 Å². The first kappa shape index (κ1) is 15.2. The number of nitrogens with zero attached hydrogens (tertiary/aromatic N) is 1. The molecule has 0 unspecified atom stereocenters. The lowest BCUT2D eigenvalue weighted by Crippen LogP contribution is -2.46. The average molecular weight is 258 g/mol. The molecule has 2 amide bonds. The summed E-state index contributed by atoms with van der Waals surface area (Å²) in [6.07, 6.45) is 1.84. The van der Waals surface area contributed by atoms with Crippen LogP contribution in [0.25, 0.3) is 0 Å². The van der Waals surface area contributed by atoms with Crippen molar-refractivity contribution in [2.45, 2.75) is 39.9 Å². The fourth-order valence-corrected chi connectivity index (χ4v) is 2.03. The second-order valence-corrected chi connectivity index (χ2v) is 4.70. The van der Waals surface area contributed by atoms with Gasteiger partial charge in [-0.05, 0) is 32.6 Å². The Bertz CT molecular complexity index is 234. The Kier molecular flexibility index (Phi) is 7.05. The highest BCUT2D eigenvalue weighted by Crippen LogP contribution is 2.15. The van der Waals surface area contributed by atoms with Crippen LogP contribution in [0.2, 0.25) is 0 Å². The van der Waals surface area contributed by atoms with Crippen molar-refractivity contribution in [3.63, 3.8) is 0 Å². The van der Waals surface area contributed by atoms with E-state index in [-0.39, 0.29) is 12.3 Å². The molecule has 0 saturated carbocycles. The first-order valence-electron chi connectivity index (χ1n) is 6.93. The predicted octanol–water partition coefficient (Wildman–Crippen LogP) is 1.83. The molecule has 1 N–H and O–H groups in total. The molecule has 0 aromatic carbocycles. The quantitative estimate of drug-likeness (QED) is 0.739. The van der Waals surface area contributed by atoms with Gasteiger partial charge in [0.1, 0.15) is 0 Å². The number of amides is 2. The van der Waals surface area contributed by atoms with Crippen LogP contribution in [-0.4, -0.2) is 50.1 Å². The molecule has 18 heavy (non-hydrogen) atoms. The number of carbonyl (C=O) groups excluding carboxylic acids is 1. The number of carbonyl (C=O) groups is 1. The van der Waals surface area contributed by atoms with Crippen LogP contribution in [0.1, 0.15) is 33.6 Å². The number of likely N-dealkylation sites (tertiary alicyclic amines) is 1. The summed E-state index contributed by atoms with van der Waals surface area (Å²) in [5.74, 6) is 0.730. The van der Waals surface area contributed by atoms with Crippen LogP contribution in [0, 0.1) is 5.92 Å². The van der Waals surface area contributed by atoms with Gasteiger partial charge in [0.05, 0.1) is 6.54 Å². The number of ether oxygens (including phenoxy) is 2. The minimum atomic E-state index is -0.340. The third-order valence-corrected chi connectivity index (χ3v) is 3.20. The Balaban J connectivity index is 2.26. The van der Waals surface area contributed by atoms with Crippen LogP contribution < -0.4 is 5.32 Å². The maximum Gasteiger partial charge on any atom is 0.317 e. The fourth-order valence-electron chi connectivity index (χ4n) is 2.03. The SMILES string of the molecule is CCOC(CNC(=O)N1CCC(C)CC1)OCC. The Morgan fingerprint density at radius 1 is 1.28 bits per heavy atom. The van der Waals surface area contributed by atoms with Gasteiger partial charge in [0.25, 0.3) is 0 Å². The van der Waals surface area contributed by atoms with Crippen molar-refractivity contribution in [1.82, 2.24) is 10.2 Å². The van der Waals surface area contributed by atoms with E-state index in [4.69, 9.17) is 9.47 Å². The molecule has 106 valence electrons. The van der Waals surface area contributed by atoms with E-state index >= 15 is 0 Å². The van der Waals surface area contributed by atoms with Crippen molar-refractivity contribution in [3.05, 3.63) is 0 Å². The van der Waals surface area contributed by atoms with Crippen LogP contribution >= 0.6 is 0 Å². The molecule has 0 radical (unpaired) electrons. The molecule has 1 aliphatic rings. The van der Waals surface area contributed by atoms with Gasteiger partial charge in [0, 0.05) is 26.3 Å². The molecule has 0 atom stereocenters. The summed E-state index contributed by atoms with van der Waals surface area (Å²) in [5.41, 5.74) is 0. The molecule has 0 aromatic heterocycles. The van der Waals surface area contributed by atoms with E-state index in [0.29, 0.717) is 19.8 Å². The number of piperidine rings is 1. The fraction of sp³-hybridized carbons (Fsp3) is 0.923. The van der Waals surface area contributed by atoms with Gasteiger partial charge in [-0.3, -0.25) is 0 Å². The van der Waals surface area contributed by atoms with Crippen molar-refractivity contribution < 1.29 is 14.3 Å². The highest BCUT2D eigenvalue weighted by atomic mass is 16.7. The van der Waals surface area contributed by atoms with E-state index in [0.717, 1.165) is 31.8 Å². The standard InChI is InChI=1S/C13H26N2O3/c1-4-17-12(18-5-2)10-14-13(16)15-8-6-11(3)7-9-15/h11-12H,4-10H2,1-3H3,(H,14,16). The number of rotatable bonds is 6. The molecule has 1 rings (SSSR count). The maximum absolute atomic E-state index is 11.9. The summed E-state index contributed by atoms with van der Waals surface area (Å²) >= 11 is 0. The minimum Gasteiger partial charge on any atom is -0.351 e. The van der Waals surface area contributed by atoms with Crippen molar-refractivity contribution in [2.75, 3.05) is 32.8 Å². The van der Waals surface area contributed by atoms with Crippen molar-refractivity contribution in [3.8, 4) is 0 Å². The molecule has 1 saturated heterocycles. The molecular formula is C13H26N2O3. The highest BCUT2D eigenvalue weighted by Gasteiger charge is 2.20. The third kappa shape index (κ3) is 5.23. The molecule has 5 heteroatoms. The van der Waals surface area contributed by atoms with E-state index in [9.17, 15) is 4.79 Å². The Hall–Kier alpha value is -0.810. The number of urea groups is 1. The third-order valence-electron chi connectivity index (χ3n) is 3.20. The highest BCUT2D eigenvalue weighted by molar-refractivity contribution is 5.74. The number of hydrogen-bond acceptors (Lipinski definition) is 3. The summed E-state index contributed by atoms with van der Waals surface area (Å²) in [5, 5.41) is 2.87. The van der Waals surface area contributed by atoms with Gasteiger partial charge >= 0.3 is 6.03 Å². The van der Waals surface area contributed by atoms with Gasteiger partial charge in [-0.1, -0.05) is 6.92 Å². The van der Waals surface area contributed by atoms with E-state index in [1.54, 1.807) is 0 Å². The molecule has 0 spiro atoms. The average Bonchev–Trinajstić information content (AvgIpc) is 2.37. The number of hydrogen-bond donors (Lipinski definition) is 1. The predicted molar refractivity (Wildman–Crippen MR) is 70.4 cm³/mol. The van der Waals surface area contributed by atoms with Gasteiger partial charge in [-0.2, -0.15) is 0 Å². The van der Waals surface area contributed by atoms with Gasteiger partial charge in [0.15, 0.2) is 6.29 Å². The van der Waals surface area contributed by atoms with E-state index < -0.39 is 0 Å². The van der Waals surface area contributed by atoms with Crippen molar-refractivity contribution in [2.24, 2.45) is 5.92 Å². The Labute approximate surface area is 110 Å². The van der Waals surface area contributed by atoms with E-state index in [1.807, 2.05) is 18.7 Å². The zero-order chi connectivity index (χ0) is 13.4. The molecule has 1 aliphatic heterocycles. The molecule has 1 fully saturated rings. The molecule has 1 heterocycles. The lowest BCUT2D eigenvalue weighted by molar-refractivity contribution is -0.131. The summed E-state index contributed by atoms with van der Waals surface area (Å²) in [4.78, 5) is 13.8. The second-order valence-electron chi connectivity index (χ2n) is 4.70. The Morgan fingerprint density at radius 2 is 1.83 bits per heavy atom. The number of nitrogens with one attached hydrogen (secondary N) is 1. The summed E-state index contributed by atoms with van der Waals surface area (Å²) in [6, 6.07) is -0.00805. The van der Waals surface area contributed by atoms with Crippen LogP contribution in [-0.2, 0) is 9.47 Å². The first-order chi connectivity index (χ1) is 8.67. The molecule has 0 aliphatic carbocycles. The molecule has 0 aromatic rings. The van der Waals surface area contributed by atoms with Crippen LogP contribution in [0.5, 0.6) is 0 Å². The van der Waals surface area contributed by atoms with Crippen molar-refractivity contribution >= 4 is 6.03 Å². The second kappa shape index (κ2) is 8.32. The Morgan fingerprint density at radius 3 is 2.33 bits per heavy atom. The van der Waals surface area contributed by atoms with Crippen LogP contribution in [0.15, 0.2) is 0 Å². The van der Waals surface area contributed by atoms with Crippen LogP contribution in [0.4, 0.5) is 4.79 Å². The van der Waals surface area contributed by atoms with Gasteiger partial charge in [-0.15, -0.1) is 0 Å². The smallest absolute Gasteiger partial charge is 0.317 e.